The van der Waals surface area contributed by atoms with Gasteiger partial charge in [0.15, 0.2) is 17.1 Å². The second-order valence-corrected chi connectivity index (χ2v) is 6.77. The Hall–Kier alpha value is -2.17. The Labute approximate surface area is 157 Å². The molecule has 146 valence electrons. The van der Waals surface area contributed by atoms with Crippen LogP contribution in [0.2, 0.25) is 0 Å². The van der Waals surface area contributed by atoms with Crippen molar-refractivity contribution in [2.75, 3.05) is 13.7 Å². The fourth-order valence-electron chi connectivity index (χ4n) is 2.35. The SMILES string of the molecule is CCCCCCCCOC(=O)C(C)(C)OC=Cc1ccc(O)c(OC)c1. The molecule has 26 heavy (non-hydrogen) atoms. The number of ether oxygens (including phenoxy) is 3. The van der Waals surface area contributed by atoms with Crippen molar-refractivity contribution in [3.8, 4) is 11.5 Å². The Morgan fingerprint density at radius 3 is 2.54 bits per heavy atom. The fourth-order valence-corrected chi connectivity index (χ4v) is 2.35. The van der Waals surface area contributed by atoms with Crippen LogP contribution in [-0.4, -0.2) is 30.4 Å². The average Bonchev–Trinajstić information content (AvgIpc) is 2.62. The summed E-state index contributed by atoms with van der Waals surface area (Å²) >= 11 is 0. The van der Waals surface area contributed by atoms with E-state index in [-0.39, 0.29) is 11.7 Å². The number of phenolic OH excluding ortho intramolecular Hbond substituents is 1. The second-order valence-electron chi connectivity index (χ2n) is 6.77. The number of rotatable bonds is 12. The Balaban J connectivity index is 2.38. The summed E-state index contributed by atoms with van der Waals surface area (Å²) in [5.41, 5.74) is -0.268. The van der Waals surface area contributed by atoms with E-state index in [0.29, 0.717) is 12.4 Å². The van der Waals surface area contributed by atoms with Gasteiger partial charge in [-0.1, -0.05) is 45.1 Å². The van der Waals surface area contributed by atoms with Gasteiger partial charge < -0.3 is 19.3 Å². The van der Waals surface area contributed by atoms with Crippen molar-refractivity contribution in [3.63, 3.8) is 0 Å². The van der Waals surface area contributed by atoms with Crippen molar-refractivity contribution in [2.24, 2.45) is 0 Å². The fraction of sp³-hybridized carbons (Fsp3) is 0.571. The highest BCUT2D eigenvalue weighted by Crippen LogP contribution is 2.27. The number of unbranched alkanes of at least 4 members (excludes halogenated alkanes) is 5. The first-order chi connectivity index (χ1) is 12.4. The number of benzene rings is 1. The number of hydrogen-bond donors (Lipinski definition) is 1. The zero-order valence-corrected chi connectivity index (χ0v) is 16.4. The number of carbonyl (C=O) groups is 1. The highest BCUT2D eigenvalue weighted by Gasteiger charge is 2.30. The van der Waals surface area contributed by atoms with Crippen LogP contribution in [0.4, 0.5) is 0 Å². The summed E-state index contributed by atoms with van der Waals surface area (Å²) in [6, 6.07) is 4.94. The highest BCUT2D eigenvalue weighted by molar-refractivity contribution is 5.78. The van der Waals surface area contributed by atoms with Crippen molar-refractivity contribution >= 4 is 12.0 Å². The summed E-state index contributed by atoms with van der Waals surface area (Å²) in [6.07, 6.45) is 10.0. The van der Waals surface area contributed by atoms with Crippen LogP contribution in [0.3, 0.4) is 0 Å². The smallest absolute Gasteiger partial charge is 0.349 e. The van der Waals surface area contributed by atoms with Gasteiger partial charge in [0.05, 0.1) is 20.0 Å². The summed E-state index contributed by atoms with van der Waals surface area (Å²) in [5.74, 6) is 0.0768. The van der Waals surface area contributed by atoms with Gasteiger partial charge >= 0.3 is 5.97 Å². The predicted octanol–water partition coefficient (Wildman–Crippen LogP) is 5.07. The lowest BCUT2D eigenvalue weighted by atomic mass is 10.1. The van der Waals surface area contributed by atoms with Crippen molar-refractivity contribution in [1.82, 2.24) is 0 Å². The largest absolute Gasteiger partial charge is 0.504 e. The van der Waals surface area contributed by atoms with E-state index in [1.54, 1.807) is 38.1 Å². The standard InChI is InChI=1S/C21H32O5/c1-5-6-7-8-9-10-14-25-20(23)21(2,3)26-15-13-17-11-12-18(22)19(16-17)24-4/h11-13,15-16,22H,5-10,14H2,1-4H3. The van der Waals surface area contributed by atoms with Crippen molar-refractivity contribution < 1.29 is 24.1 Å². The lowest BCUT2D eigenvalue weighted by Gasteiger charge is -2.22. The van der Waals surface area contributed by atoms with Crippen LogP contribution >= 0.6 is 0 Å². The number of esters is 1. The van der Waals surface area contributed by atoms with E-state index >= 15 is 0 Å². The number of phenols is 1. The third-order valence-electron chi connectivity index (χ3n) is 4.05. The van der Waals surface area contributed by atoms with Crippen LogP contribution < -0.4 is 4.74 Å². The van der Waals surface area contributed by atoms with Crippen molar-refractivity contribution in [2.45, 2.75) is 64.9 Å². The van der Waals surface area contributed by atoms with Gasteiger partial charge in [0, 0.05) is 0 Å². The molecular weight excluding hydrogens is 332 g/mol. The van der Waals surface area contributed by atoms with Gasteiger partial charge in [-0.05, 0) is 44.0 Å². The van der Waals surface area contributed by atoms with Gasteiger partial charge in [-0.3, -0.25) is 0 Å². The lowest BCUT2D eigenvalue weighted by molar-refractivity contribution is -0.162. The zero-order chi connectivity index (χ0) is 19.4. The van der Waals surface area contributed by atoms with Crippen molar-refractivity contribution in [3.05, 3.63) is 30.0 Å². The molecule has 1 rings (SSSR count). The first kappa shape index (κ1) is 21.9. The molecule has 1 aromatic rings. The molecule has 5 heteroatoms. The van der Waals surface area contributed by atoms with E-state index in [0.717, 1.165) is 18.4 Å². The molecule has 0 aliphatic carbocycles. The van der Waals surface area contributed by atoms with Crippen LogP contribution in [0.15, 0.2) is 24.5 Å². The minimum Gasteiger partial charge on any atom is -0.504 e. The molecule has 0 amide bonds. The molecule has 1 aromatic carbocycles. The molecule has 0 unspecified atom stereocenters. The maximum atomic E-state index is 12.2. The summed E-state index contributed by atoms with van der Waals surface area (Å²) in [7, 11) is 1.49. The van der Waals surface area contributed by atoms with Gasteiger partial charge in [0.2, 0.25) is 0 Å². The molecule has 0 aromatic heterocycles. The van der Waals surface area contributed by atoms with Gasteiger partial charge in [0.1, 0.15) is 0 Å². The van der Waals surface area contributed by atoms with Gasteiger partial charge in [-0.2, -0.15) is 0 Å². The van der Waals surface area contributed by atoms with E-state index in [1.165, 1.54) is 39.1 Å². The molecule has 0 heterocycles. The molecule has 0 spiro atoms. The first-order valence-electron chi connectivity index (χ1n) is 9.29. The molecule has 0 radical (unpaired) electrons. The zero-order valence-electron chi connectivity index (χ0n) is 16.4. The Bertz CT molecular complexity index is 578. The van der Waals surface area contributed by atoms with Crippen LogP contribution in [0.1, 0.15) is 64.9 Å². The highest BCUT2D eigenvalue weighted by atomic mass is 16.6. The normalized spacial score (nSPS) is 11.5. The second kappa shape index (κ2) is 11.4. The molecule has 0 aliphatic rings. The summed E-state index contributed by atoms with van der Waals surface area (Å²) in [6.45, 7) is 5.98. The molecule has 1 N–H and O–H groups in total. The minimum atomic E-state index is -1.06. The van der Waals surface area contributed by atoms with Crippen LogP contribution in [-0.2, 0) is 14.3 Å². The molecule has 0 saturated heterocycles. The Kier molecular flexibility index (Phi) is 9.63. The minimum absolute atomic E-state index is 0.0733. The van der Waals surface area contributed by atoms with E-state index in [1.807, 2.05) is 0 Å². The summed E-state index contributed by atoms with van der Waals surface area (Å²) < 4.78 is 15.9. The van der Waals surface area contributed by atoms with Gasteiger partial charge in [0.25, 0.3) is 0 Å². The van der Waals surface area contributed by atoms with Crippen molar-refractivity contribution in [1.29, 1.82) is 0 Å². The summed E-state index contributed by atoms with van der Waals surface area (Å²) in [4.78, 5) is 12.2. The third-order valence-corrected chi connectivity index (χ3v) is 4.05. The predicted molar refractivity (Wildman–Crippen MR) is 103 cm³/mol. The maximum absolute atomic E-state index is 12.2. The monoisotopic (exact) mass is 364 g/mol. The number of hydrogen-bond acceptors (Lipinski definition) is 5. The van der Waals surface area contributed by atoms with Crippen LogP contribution in [0.5, 0.6) is 11.5 Å². The maximum Gasteiger partial charge on any atom is 0.349 e. The van der Waals surface area contributed by atoms with E-state index in [4.69, 9.17) is 14.2 Å². The molecule has 0 aliphatic heterocycles. The number of methoxy groups -OCH3 is 1. The average molecular weight is 364 g/mol. The van der Waals surface area contributed by atoms with E-state index < -0.39 is 5.60 Å². The number of aromatic hydroxyl groups is 1. The van der Waals surface area contributed by atoms with E-state index in [2.05, 4.69) is 6.92 Å². The third kappa shape index (κ3) is 7.81. The topological polar surface area (TPSA) is 65.0 Å². The molecular formula is C21H32O5. The number of carbonyl (C=O) groups excluding carboxylic acids is 1. The molecule has 5 nitrogen and oxygen atoms in total. The lowest BCUT2D eigenvalue weighted by Crippen LogP contribution is -2.35. The van der Waals surface area contributed by atoms with Gasteiger partial charge in [-0.25, -0.2) is 4.79 Å². The Morgan fingerprint density at radius 2 is 1.85 bits per heavy atom. The Morgan fingerprint density at radius 1 is 1.15 bits per heavy atom. The first-order valence-corrected chi connectivity index (χ1v) is 9.29. The molecule has 0 bridgehead atoms. The quantitative estimate of drug-likeness (QED) is 0.319. The van der Waals surface area contributed by atoms with Crippen LogP contribution in [0, 0.1) is 0 Å². The summed E-state index contributed by atoms with van der Waals surface area (Å²) in [5, 5.41) is 9.58. The van der Waals surface area contributed by atoms with E-state index in [9.17, 15) is 9.90 Å². The molecule has 0 atom stereocenters. The van der Waals surface area contributed by atoms with Crippen LogP contribution in [0.25, 0.3) is 6.08 Å². The molecule has 0 fully saturated rings. The molecule has 0 saturated carbocycles. The van der Waals surface area contributed by atoms with Gasteiger partial charge in [-0.15, -0.1) is 0 Å².